The lowest BCUT2D eigenvalue weighted by molar-refractivity contribution is -0.146. The van der Waals surface area contributed by atoms with Gasteiger partial charge in [-0.2, -0.15) is 11.8 Å². The number of methoxy groups -OCH3 is 1. The average molecular weight is 483 g/mol. The molecule has 1 aliphatic carbocycles. The van der Waals surface area contributed by atoms with E-state index in [-0.39, 0.29) is 29.6 Å². The highest BCUT2D eigenvalue weighted by Gasteiger charge is 2.51. The Bertz CT molecular complexity index is 1020. The molecule has 0 bridgehead atoms. The van der Waals surface area contributed by atoms with Crippen molar-refractivity contribution in [2.45, 2.75) is 38.1 Å². The molecule has 0 radical (unpaired) electrons. The second-order valence-corrected chi connectivity index (χ2v) is 9.59. The Hall–Kier alpha value is -3.00. The first-order chi connectivity index (χ1) is 16.5. The van der Waals surface area contributed by atoms with Crippen molar-refractivity contribution in [3.63, 3.8) is 0 Å². The van der Waals surface area contributed by atoms with Crippen molar-refractivity contribution in [2.24, 2.45) is 11.8 Å². The molecule has 4 rings (SSSR count). The minimum Gasteiger partial charge on any atom is -0.493 e. The van der Waals surface area contributed by atoms with E-state index in [0.29, 0.717) is 35.1 Å². The molecule has 7 nitrogen and oxygen atoms in total. The third-order valence-corrected chi connectivity index (χ3v) is 7.15. The molecule has 0 spiro atoms. The molecule has 8 heteroatoms. The predicted octanol–water partition coefficient (Wildman–Crippen LogP) is 4.72. The zero-order valence-corrected chi connectivity index (χ0v) is 20.3. The van der Waals surface area contributed by atoms with E-state index in [4.69, 9.17) is 9.47 Å². The quantitative estimate of drug-likeness (QED) is 0.521. The van der Waals surface area contributed by atoms with Gasteiger partial charge in [-0.3, -0.25) is 19.3 Å². The van der Waals surface area contributed by atoms with Gasteiger partial charge in [-0.15, -0.1) is 0 Å². The lowest BCUT2D eigenvalue weighted by atomic mass is 9.81. The van der Waals surface area contributed by atoms with E-state index in [1.165, 1.54) is 4.90 Å². The van der Waals surface area contributed by atoms with Crippen LogP contribution in [-0.2, 0) is 14.4 Å². The Morgan fingerprint density at radius 1 is 1.03 bits per heavy atom. The number of likely N-dealkylation sites (tertiary alicyclic amines) is 1. The van der Waals surface area contributed by atoms with Crippen LogP contribution in [0, 0.1) is 11.8 Å². The molecule has 2 aromatic carbocycles. The molecule has 2 aromatic rings. The van der Waals surface area contributed by atoms with Crippen molar-refractivity contribution in [1.29, 1.82) is 0 Å². The average Bonchev–Trinajstić information content (AvgIpc) is 3.11. The summed E-state index contributed by atoms with van der Waals surface area (Å²) in [5.74, 6) is 1.24. The number of carbonyl (C=O) groups excluding carboxylic acids is 3. The summed E-state index contributed by atoms with van der Waals surface area (Å²) in [5.41, 5.74) is 0.572. The molecule has 0 aromatic heterocycles. The number of amides is 3. The maximum absolute atomic E-state index is 13.2. The predicted molar refractivity (Wildman–Crippen MR) is 132 cm³/mol. The third-order valence-electron chi connectivity index (χ3n) is 6.50. The Morgan fingerprint density at radius 3 is 2.24 bits per heavy atom. The van der Waals surface area contributed by atoms with Gasteiger partial charge >= 0.3 is 0 Å². The Kier molecular flexibility index (Phi) is 7.77. The smallest absolute Gasteiger partial charge is 0.247 e. The Labute approximate surface area is 204 Å². The van der Waals surface area contributed by atoms with Crippen molar-refractivity contribution < 1.29 is 23.9 Å². The molecule has 1 N–H and O–H groups in total. The number of anilines is 1. The van der Waals surface area contributed by atoms with Crippen molar-refractivity contribution in [3.8, 4) is 17.2 Å². The highest BCUT2D eigenvalue weighted by molar-refractivity contribution is 7.98. The first-order valence-electron chi connectivity index (χ1n) is 11.6. The van der Waals surface area contributed by atoms with Gasteiger partial charge in [0.25, 0.3) is 0 Å². The van der Waals surface area contributed by atoms with E-state index < -0.39 is 6.04 Å². The molecule has 3 atom stereocenters. The minimum absolute atomic E-state index is 0.184. The topological polar surface area (TPSA) is 84.9 Å². The summed E-state index contributed by atoms with van der Waals surface area (Å²) in [4.78, 5) is 40.7. The number of imide groups is 1. The molecule has 3 unspecified atom stereocenters. The number of hydrogen-bond donors (Lipinski definition) is 1. The van der Waals surface area contributed by atoms with Crippen molar-refractivity contribution >= 4 is 35.2 Å². The number of rotatable bonds is 9. The van der Waals surface area contributed by atoms with Crippen LogP contribution in [0.3, 0.4) is 0 Å². The SMILES string of the molecule is COc1ccccc1Oc1ccc(NC(=O)C(CCSC)N2C(=O)C3CCCCC3C2=O)cc1. The summed E-state index contributed by atoms with van der Waals surface area (Å²) in [7, 11) is 1.58. The highest BCUT2D eigenvalue weighted by Crippen LogP contribution is 2.39. The van der Waals surface area contributed by atoms with Crippen LogP contribution in [0.4, 0.5) is 5.69 Å². The second kappa shape index (κ2) is 11.0. The van der Waals surface area contributed by atoms with Crippen LogP contribution >= 0.6 is 11.8 Å². The number of thioether (sulfide) groups is 1. The summed E-state index contributed by atoms with van der Waals surface area (Å²) in [5, 5.41) is 2.89. The number of ether oxygens (including phenoxy) is 2. The summed E-state index contributed by atoms with van der Waals surface area (Å²) in [6, 6.07) is 13.5. The fraction of sp³-hybridized carbons (Fsp3) is 0.423. The van der Waals surface area contributed by atoms with E-state index in [2.05, 4.69) is 5.32 Å². The fourth-order valence-corrected chi connectivity index (χ4v) is 5.22. The van der Waals surface area contributed by atoms with Gasteiger partial charge in [0.1, 0.15) is 11.8 Å². The molecular weight excluding hydrogens is 452 g/mol. The number of para-hydroxylation sites is 2. The zero-order valence-electron chi connectivity index (χ0n) is 19.5. The maximum atomic E-state index is 13.2. The number of fused-ring (bicyclic) bond motifs is 1. The molecule has 34 heavy (non-hydrogen) atoms. The summed E-state index contributed by atoms with van der Waals surface area (Å²) >= 11 is 1.59. The van der Waals surface area contributed by atoms with Crippen molar-refractivity contribution in [2.75, 3.05) is 24.4 Å². The van der Waals surface area contributed by atoms with Crippen LogP contribution in [0.25, 0.3) is 0 Å². The number of benzene rings is 2. The molecular formula is C26H30N2O5S. The molecule has 3 amide bonds. The van der Waals surface area contributed by atoms with Crippen LogP contribution in [0.15, 0.2) is 48.5 Å². The van der Waals surface area contributed by atoms with E-state index in [9.17, 15) is 14.4 Å². The molecule has 1 saturated heterocycles. The Morgan fingerprint density at radius 2 is 1.65 bits per heavy atom. The van der Waals surface area contributed by atoms with Gasteiger partial charge in [0.2, 0.25) is 17.7 Å². The van der Waals surface area contributed by atoms with Gasteiger partial charge in [0.15, 0.2) is 11.5 Å². The van der Waals surface area contributed by atoms with Gasteiger partial charge in [0, 0.05) is 5.69 Å². The van der Waals surface area contributed by atoms with E-state index in [1.54, 1.807) is 43.1 Å². The number of nitrogens with zero attached hydrogens (tertiary/aromatic N) is 1. The summed E-state index contributed by atoms with van der Waals surface area (Å²) < 4.78 is 11.2. The van der Waals surface area contributed by atoms with E-state index >= 15 is 0 Å². The number of nitrogens with one attached hydrogen (secondary N) is 1. The molecule has 1 heterocycles. The molecule has 1 saturated carbocycles. The maximum Gasteiger partial charge on any atom is 0.247 e. The van der Waals surface area contributed by atoms with Gasteiger partial charge in [-0.05, 0) is 67.7 Å². The minimum atomic E-state index is -0.803. The van der Waals surface area contributed by atoms with Gasteiger partial charge in [-0.25, -0.2) is 0 Å². The van der Waals surface area contributed by atoms with Crippen LogP contribution in [0.5, 0.6) is 17.2 Å². The van der Waals surface area contributed by atoms with Crippen molar-refractivity contribution in [3.05, 3.63) is 48.5 Å². The first-order valence-corrected chi connectivity index (χ1v) is 13.0. The summed E-state index contributed by atoms with van der Waals surface area (Å²) in [6.07, 6.45) is 5.76. The van der Waals surface area contributed by atoms with Crippen LogP contribution in [0.1, 0.15) is 32.1 Å². The first kappa shape index (κ1) is 24.1. The fourth-order valence-electron chi connectivity index (χ4n) is 4.76. The van der Waals surface area contributed by atoms with Crippen LogP contribution in [0.2, 0.25) is 0 Å². The summed E-state index contributed by atoms with van der Waals surface area (Å²) in [6.45, 7) is 0. The molecule has 2 aliphatic rings. The lowest BCUT2D eigenvalue weighted by Gasteiger charge is -2.26. The van der Waals surface area contributed by atoms with Crippen LogP contribution < -0.4 is 14.8 Å². The van der Waals surface area contributed by atoms with E-state index in [1.807, 2.05) is 30.5 Å². The number of hydrogen-bond acceptors (Lipinski definition) is 6. The second-order valence-electron chi connectivity index (χ2n) is 8.61. The Balaban J connectivity index is 1.46. The third kappa shape index (κ3) is 5.06. The normalized spacial score (nSPS) is 20.6. The monoisotopic (exact) mass is 482 g/mol. The van der Waals surface area contributed by atoms with Gasteiger partial charge in [-0.1, -0.05) is 25.0 Å². The van der Waals surface area contributed by atoms with Crippen molar-refractivity contribution in [1.82, 2.24) is 4.90 Å². The molecule has 180 valence electrons. The molecule has 1 aliphatic heterocycles. The van der Waals surface area contributed by atoms with Crippen LogP contribution in [-0.4, -0.2) is 47.8 Å². The number of carbonyl (C=O) groups is 3. The lowest BCUT2D eigenvalue weighted by Crippen LogP contribution is -2.48. The van der Waals surface area contributed by atoms with E-state index in [0.717, 1.165) is 25.7 Å². The molecule has 2 fully saturated rings. The highest BCUT2D eigenvalue weighted by atomic mass is 32.2. The van der Waals surface area contributed by atoms with Gasteiger partial charge < -0.3 is 14.8 Å². The van der Waals surface area contributed by atoms with Gasteiger partial charge in [0.05, 0.1) is 18.9 Å². The standard InChI is InChI=1S/C26H30N2O5S/c1-32-22-9-5-6-10-23(22)33-18-13-11-17(12-14-18)27-24(29)21(15-16-34-2)28-25(30)19-7-3-4-8-20(19)26(28)31/h5-6,9-14,19-21H,3-4,7-8,15-16H2,1-2H3,(H,27,29). The largest absolute Gasteiger partial charge is 0.493 e. The zero-order chi connectivity index (χ0) is 24.1.